The van der Waals surface area contributed by atoms with Crippen LogP contribution >= 0.6 is 0 Å². The third-order valence-electron chi connectivity index (χ3n) is 5.28. The first kappa shape index (κ1) is 26.3. The van der Waals surface area contributed by atoms with Gasteiger partial charge < -0.3 is 14.6 Å². The van der Waals surface area contributed by atoms with Crippen LogP contribution in [-0.4, -0.2) is 79.7 Å². The van der Waals surface area contributed by atoms with Crippen molar-refractivity contribution >= 4 is 70.3 Å². The molecule has 2 rings (SSSR count). The van der Waals surface area contributed by atoms with Crippen LogP contribution < -0.4 is 15.7 Å². The minimum atomic E-state index is -4.25. The summed E-state index contributed by atoms with van der Waals surface area (Å²) >= 11 is 0. The quantitative estimate of drug-likeness (QED) is 0.165. The lowest BCUT2D eigenvalue weighted by Gasteiger charge is -2.21. The van der Waals surface area contributed by atoms with Gasteiger partial charge in [0.05, 0.1) is 16.7 Å². The zero-order valence-corrected chi connectivity index (χ0v) is 19.6. The van der Waals surface area contributed by atoms with Crippen LogP contribution in [0.4, 0.5) is 0 Å². The van der Waals surface area contributed by atoms with E-state index >= 15 is 0 Å². The van der Waals surface area contributed by atoms with Gasteiger partial charge in [-0.25, -0.2) is 14.4 Å². The van der Waals surface area contributed by atoms with Crippen LogP contribution in [0.15, 0.2) is 24.3 Å². The molecule has 2 aromatic carbocycles. The first-order chi connectivity index (χ1) is 15.4. The first-order valence-corrected chi connectivity index (χ1v) is 11.8. The fourth-order valence-electron chi connectivity index (χ4n) is 3.75. The molecular formula is C19H22B4O9S. The molecule has 2 N–H and O–H groups in total. The van der Waals surface area contributed by atoms with Crippen molar-refractivity contribution in [3.05, 3.63) is 52.1 Å². The van der Waals surface area contributed by atoms with E-state index in [2.05, 4.69) is 0 Å². The lowest BCUT2D eigenvalue weighted by Crippen LogP contribution is -2.36. The highest BCUT2D eigenvalue weighted by atomic mass is 32.2. The molecule has 0 atom stereocenters. The zero-order valence-electron chi connectivity index (χ0n) is 18.8. The summed E-state index contributed by atoms with van der Waals surface area (Å²) in [4.78, 5) is 37.0. The van der Waals surface area contributed by atoms with Crippen LogP contribution in [0, 0.1) is 0 Å². The molecule has 0 aliphatic carbocycles. The van der Waals surface area contributed by atoms with Crippen LogP contribution in [0.25, 0.3) is 0 Å². The van der Waals surface area contributed by atoms with Crippen molar-refractivity contribution < 1.29 is 41.9 Å². The maximum absolute atomic E-state index is 13.0. The number of esters is 2. The van der Waals surface area contributed by atoms with E-state index in [9.17, 15) is 27.9 Å². The number of carbonyl (C=O) groups is 3. The van der Waals surface area contributed by atoms with Gasteiger partial charge in [0, 0.05) is 0 Å². The highest BCUT2D eigenvalue weighted by Crippen LogP contribution is 2.20. The molecule has 9 nitrogen and oxygen atoms in total. The number of carbonyl (C=O) groups excluding carboxylic acids is 2. The van der Waals surface area contributed by atoms with Crippen LogP contribution in [-0.2, 0) is 27.5 Å². The SMILES string of the molecule is BCc1c(B)c(CB)c(C(=O)Oc2ccc(C(=O)OCCS(=O)(=O)O)cc2)c(C(=O)O)c1B. The second-order valence-electron chi connectivity index (χ2n) is 7.31. The lowest BCUT2D eigenvalue weighted by atomic mass is 9.68. The van der Waals surface area contributed by atoms with Crippen molar-refractivity contribution in [3.8, 4) is 5.75 Å². The summed E-state index contributed by atoms with van der Waals surface area (Å²) < 4.78 is 40.2. The Bertz CT molecular complexity index is 1190. The number of hydrogen-bond acceptors (Lipinski definition) is 7. The Hall–Kier alpha value is -2.98. The van der Waals surface area contributed by atoms with Gasteiger partial charge in [-0.2, -0.15) is 8.42 Å². The molecule has 0 amide bonds. The Balaban J connectivity index is 2.30. The van der Waals surface area contributed by atoms with E-state index in [4.69, 9.17) is 14.0 Å². The van der Waals surface area contributed by atoms with Gasteiger partial charge >= 0.3 is 17.9 Å². The Morgan fingerprint density at radius 3 is 1.94 bits per heavy atom. The van der Waals surface area contributed by atoms with Crippen LogP contribution in [0.1, 0.15) is 42.2 Å². The monoisotopic (exact) mass is 470 g/mol. The van der Waals surface area contributed by atoms with Crippen LogP contribution in [0.3, 0.4) is 0 Å². The van der Waals surface area contributed by atoms with Gasteiger partial charge in [-0.3, -0.25) is 4.55 Å². The molecule has 0 fully saturated rings. The summed E-state index contributed by atoms with van der Waals surface area (Å²) in [7, 11) is 3.04. The Morgan fingerprint density at radius 2 is 1.45 bits per heavy atom. The molecule has 0 saturated heterocycles. The topological polar surface area (TPSA) is 144 Å². The van der Waals surface area contributed by atoms with Crippen molar-refractivity contribution in [2.45, 2.75) is 12.6 Å². The minimum absolute atomic E-state index is 0.00546. The third kappa shape index (κ3) is 6.29. The normalized spacial score (nSPS) is 11.1. The molecule has 170 valence electrons. The van der Waals surface area contributed by atoms with Crippen molar-refractivity contribution in [2.75, 3.05) is 12.4 Å². The predicted molar refractivity (Wildman–Crippen MR) is 132 cm³/mol. The molecule has 0 saturated carbocycles. The van der Waals surface area contributed by atoms with Crippen molar-refractivity contribution in [2.24, 2.45) is 0 Å². The molecule has 0 aliphatic heterocycles. The van der Waals surface area contributed by atoms with E-state index in [-0.39, 0.29) is 22.4 Å². The third-order valence-corrected chi connectivity index (χ3v) is 5.97. The highest BCUT2D eigenvalue weighted by molar-refractivity contribution is 7.85. The van der Waals surface area contributed by atoms with E-state index in [1.807, 2.05) is 23.5 Å². The second kappa shape index (κ2) is 10.8. The number of rotatable bonds is 9. The smallest absolute Gasteiger partial charge is 0.344 e. The van der Waals surface area contributed by atoms with Gasteiger partial charge in [-0.1, -0.05) is 29.1 Å². The van der Waals surface area contributed by atoms with E-state index in [0.29, 0.717) is 23.7 Å². The molecule has 0 unspecified atom stereocenters. The van der Waals surface area contributed by atoms with Gasteiger partial charge in [-0.05, 0) is 29.8 Å². The zero-order chi connectivity index (χ0) is 24.9. The van der Waals surface area contributed by atoms with E-state index < -0.39 is 40.4 Å². The molecule has 2 aromatic rings. The average molecular weight is 470 g/mol. The van der Waals surface area contributed by atoms with Crippen LogP contribution in [0.2, 0.25) is 0 Å². The molecule has 0 aliphatic rings. The highest BCUT2D eigenvalue weighted by Gasteiger charge is 2.27. The number of ether oxygens (including phenoxy) is 2. The van der Waals surface area contributed by atoms with Gasteiger partial charge in [-0.15, -0.1) is 0 Å². The summed E-state index contributed by atoms with van der Waals surface area (Å²) in [5.41, 5.74) is 2.87. The number of benzene rings is 2. The molecule has 0 aromatic heterocycles. The number of carboxylic acid groups (broad SMARTS) is 1. The fraction of sp³-hybridized carbons (Fsp3) is 0.211. The molecule has 33 heavy (non-hydrogen) atoms. The minimum Gasteiger partial charge on any atom is -0.478 e. The average Bonchev–Trinajstić information content (AvgIpc) is 2.72. The maximum atomic E-state index is 13.0. The van der Waals surface area contributed by atoms with Gasteiger partial charge in [0.1, 0.15) is 49.5 Å². The standard InChI is InChI=1S/C19H22B4O9S/c20-7-11-13(14(17(24)25)16(23)12(8-21)15(11)22)19(27)32-10-3-1-9(2-4-10)18(26)31-5-6-33(28,29)30/h1-4H,5-8,20-23H2,(H,24,25)(H,28,29,30). The first-order valence-electron chi connectivity index (χ1n) is 10.2. The maximum Gasteiger partial charge on any atom is 0.344 e. The molecule has 0 heterocycles. The van der Waals surface area contributed by atoms with E-state index in [1.54, 1.807) is 7.85 Å². The summed E-state index contributed by atoms with van der Waals surface area (Å²) in [6.45, 7) is -0.515. The van der Waals surface area contributed by atoms with Crippen molar-refractivity contribution in [3.63, 3.8) is 0 Å². The summed E-state index contributed by atoms with van der Waals surface area (Å²) in [6, 6.07) is 5.30. The second-order valence-corrected chi connectivity index (χ2v) is 8.88. The largest absolute Gasteiger partial charge is 0.478 e. The molecule has 0 bridgehead atoms. The van der Waals surface area contributed by atoms with Crippen molar-refractivity contribution in [1.82, 2.24) is 0 Å². The van der Waals surface area contributed by atoms with Crippen LogP contribution in [0.5, 0.6) is 5.75 Å². The molecular weight excluding hydrogens is 448 g/mol. The summed E-state index contributed by atoms with van der Waals surface area (Å²) in [5, 5.41) is 9.80. The number of carboxylic acids is 1. The molecule has 0 spiro atoms. The van der Waals surface area contributed by atoms with Crippen molar-refractivity contribution in [1.29, 1.82) is 0 Å². The molecule has 14 heteroatoms. The van der Waals surface area contributed by atoms with Gasteiger partial charge in [0.25, 0.3) is 10.1 Å². The Morgan fingerprint density at radius 1 is 0.879 bits per heavy atom. The predicted octanol–water partition coefficient (Wildman–Crippen LogP) is -3.57. The van der Waals surface area contributed by atoms with E-state index in [1.165, 1.54) is 24.3 Å². The summed E-state index contributed by atoms with van der Waals surface area (Å²) in [6.07, 6.45) is 1.07. The number of aromatic carboxylic acids is 1. The Labute approximate surface area is 195 Å². The number of hydrogen-bond donors (Lipinski definition) is 2. The van der Waals surface area contributed by atoms with Gasteiger partial charge in [0.2, 0.25) is 0 Å². The fourth-order valence-corrected chi connectivity index (χ4v) is 4.04. The molecule has 0 radical (unpaired) electrons. The Kier molecular flexibility index (Phi) is 8.57. The van der Waals surface area contributed by atoms with E-state index in [0.717, 1.165) is 11.0 Å². The summed E-state index contributed by atoms with van der Waals surface area (Å²) in [5.74, 6) is -3.49. The lowest BCUT2D eigenvalue weighted by molar-refractivity contribution is 0.0527. The van der Waals surface area contributed by atoms with Gasteiger partial charge in [0.15, 0.2) is 0 Å².